The molecule has 3 aromatic rings. The zero-order chi connectivity index (χ0) is 23.8. The Balaban J connectivity index is 1.68. The fourth-order valence-electron chi connectivity index (χ4n) is 3.71. The largest absolute Gasteiger partial charge is 0.478 e. The minimum Gasteiger partial charge on any atom is -0.478 e. The number of thioether (sulfide) groups is 1. The third-order valence-electron chi connectivity index (χ3n) is 5.33. The molecule has 0 aromatic heterocycles. The summed E-state index contributed by atoms with van der Waals surface area (Å²) < 4.78 is 55.0. The zero-order valence-electron chi connectivity index (χ0n) is 17.0. The Kier molecular flexibility index (Phi) is 6.16. The van der Waals surface area contributed by atoms with Crippen LogP contribution in [0.2, 0.25) is 0 Å². The van der Waals surface area contributed by atoms with Crippen LogP contribution in [0.15, 0.2) is 71.6 Å². The second-order valence-corrected chi connectivity index (χ2v) is 8.71. The minimum absolute atomic E-state index is 0.104. The van der Waals surface area contributed by atoms with Crippen LogP contribution < -0.4 is 4.90 Å². The summed E-state index contributed by atoms with van der Waals surface area (Å²) in [6.45, 7) is -0.563. The van der Waals surface area contributed by atoms with Crippen LogP contribution in [0.3, 0.4) is 0 Å². The van der Waals surface area contributed by atoms with Gasteiger partial charge in [0.15, 0.2) is 0 Å². The molecule has 0 aliphatic carbocycles. The average Bonchev–Trinajstić information content (AvgIpc) is 2.77. The summed E-state index contributed by atoms with van der Waals surface area (Å²) >= 11 is 1.28. The molecule has 4 nitrogen and oxygen atoms in total. The van der Waals surface area contributed by atoms with Crippen LogP contribution in [-0.2, 0) is 23.9 Å². The fraction of sp³-hybridized carbons (Fsp3) is 0.167. The van der Waals surface area contributed by atoms with Gasteiger partial charge in [-0.05, 0) is 48.4 Å². The zero-order valence-corrected chi connectivity index (χ0v) is 17.8. The summed E-state index contributed by atoms with van der Waals surface area (Å²) in [5.41, 5.74) is -0.489. The number of hydrogen-bond acceptors (Lipinski definition) is 3. The molecule has 0 bridgehead atoms. The number of carbonyl (C=O) groups excluding carboxylic acids is 1. The van der Waals surface area contributed by atoms with Crippen molar-refractivity contribution in [3.05, 3.63) is 94.8 Å². The maximum absolute atomic E-state index is 14.5. The minimum atomic E-state index is -4.77. The lowest BCUT2D eigenvalue weighted by atomic mass is 10.0. The third kappa shape index (κ3) is 4.73. The molecule has 0 spiro atoms. The Labute approximate surface area is 190 Å². The molecule has 1 N–H and O–H groups in total. The van der Waals surface area contributed by atoms with Crippen molar-refractivity contribution >= 4 is 29.3 Å². The SMILES string of the molecule is O=C(O)c1ccc(CC2Sc3ccccc3N(Cc3c(F)cccc3C(F)(F)F)C2=O)cc1. The van der Waals surface area contributed by atoms with E-state index in [0.717, 1.165) is 18.2 Å². The number of benzene rings is 3. The van der Waals surface area contributed by atoms with Gasteiger partial charge in [-0.15, -0.1) is 11.8 Å². The van der Waals surface area contributed by atoms with E-state index in [2.05, 4.69) is 0 Å². The van der Waals surface area contributed by atoms with Crippen molar-refractivity contribution in [2.45, 2.75) is 29.3 Å². The predicted molar refractivity (Wildman–Crippen MR) is 116 cm³/mol. The van der Waals surface area contributed by atoms with Gasteiger partial charge < -0.3 is 10.0 Å². The molecule has 1 unspecified atom stereocenters. The Bertz CT molecular complexity index is 1210. The van der Waals surface area contributed by atoms with Crippen molar-refractivity contribution in [1.29, 1.82) is 0 Å². The normalized spacial score (nSPS) is 15.9. The van der Waals surface area contributed by atoms with Gasteiger partial charge in [-0.3, -0.25) is 4.79 Å². The van der Waals surface area contributed by atoms with Crippen molar-refractivity contribution in [1.82, 2.24) is 0 Å². The molecule has 0 saturated heterocycles. The highest BCUT2D eigenvalue weighted by molar-refractivity contribution is 8.01. The number of aromatic carboxylic acids is 1. The summed E-state index contributed by atoms with van der Waals surface area (Å²) in [5, 5.41) is 8.38. The monoisotopic (exact) mass is 475 g/mol. The summed E-state index contributed by atoms with van der Waals surface area (Å²) in [5.74, 6) is -2.55. The van der Waals surface area contributed by atoms with Gasteiger partial charge in [-0.25, -0.2) is 9.18 Å². The number of carbonyl (C=O) groups is 2. The van der Waals surface area contributed by atoms with Crippen molar-refractivity contribution in [2.75, 3.05) is 4.90 Å². The number of hydrogen-bond donors (Lipinski definition) is 1. The molecule has 33 heavy (non-hydrogen) atoms. The molecule has 9 heteroatoms. The fourth-order valence-corrected chi connectivity index (χ4v) is 4.98. The highest BCUT2D eigenvalue weighted by Gasteiger charge is 2.38. The summed E-state index contributed by atoms with van der Waals surface area (Å²) in [7, 11) is 0. The van der Waals surface area contributed by atoms with Gasteiger partial charge in [0.25, 0.3) is 0 Å². The molecule has 1 amide bonds. The molecule has 0 fully saturated rings. The number of anilines is 1. The number of fused-ring (bicyclic) bond motifs is 1. The maximum Gasteiger partial charge on any atom is 0.416 e. The lowest BCUT2D eigenvalue weighted by molar-refractivity contribution is -0.138. The third-order valence-corrected chi connectivity index (χ3v) is 6.58. The van der Waals surface area contributed by atoms with Gasteiger partial charge in [0.2, 0.25) is 5.91 Å². The summed E-state index contributed by atoms with van der Waals surface area (Å²) in [4.78, 5) is 26.3. The number of carboxylic acid groups (broad SMARTS) is 1. The molecule has 1 aliphatic rings. The second kappa shape index (κ2) is 8.90. The van der Waals surface area contributed by atoms with Crippen LogP contribution in [0, 0.1) is 5.82 Å². The van der Waals surface area contributed by atoms with E-state index in [4.69, 9.17) is 5.11 Å². The molecule has 3 aromatic carbocycles. The molecule has 1 aliphatic heterocycles. The standard InChI is InChI=1S/C24H17F4NO3S/c25-18-5-3-4-17(24(26,27)28)16(18)13-29-19-6-1-2-7-20(19)33-21(22(29)30)12-14-8-10-15(11-9-14)23(31)32/h1-11,21H,12-13H2,(H,31,32). The first-order chi connectivity index (χ1) is 15.6. The van der Waals surface area contributed by atoms with Gasteiger partial charge in [-0.1, -0.05) is 30.3 Å². The predicted octanol–water partition coefficient (Wildman–Crippen LogP) is 5.79. The van der Waals surface area contributed by atoms with Gasteiger partial charge in [-0.2, -0.15) is 13.2 Å². The van der Waals surface area contributed by atoms with Crippen LogP contribution in [0.5, 0.6) is 0 Å². The molecule has 4 rings (SSSR count). The van der Waals surface area contributed by atoms with Gasteiger partial charge in [0.1, 0.15) is 5.82 Å². The van der Waals surface area contributed by atoms with E-state index in [-0.39, 0.29) is 12.0 Å². The number of alkyl halides is 3. The van der Waals surface area contributed by atoms with E-state index in [1.165, 1.54) is 28.8 Å². The molecular weight excluding hydrogens is 458 g/mol. The molecule has 1 heterocycles. The highest BCUT2D eigenvalue weighted by atomic mass is 32.2. The average molecular weight is 475 g/mol. The molecule has 0 radical (unpaired) electrons. The number of amides is 1. The first kappa shape index (κ1) is 22.8. The Morgan fingerprint density at radius 3 is 2.36 bits per heavy atom. The van der Waals surface area contributed by atoms with E-state index in [0.29, 0.717) is 16.1 Å². The van der Waals surface area contributed by atoms with E-state index >= 15 is 0 Å². The topological polar surface area (TPSA) is 57.6 Å². The molecule has 1 atom stereocenters. The number of para-hydroxylation sites is 1. The number of halogens is 4. The first-order valence-electron chi connectivity index (χ1n) is 9.89. The number of rotatable bonds is 5. The van der Waals surface area contributed by atoms with E-state index in [9.17, 15) is 27.2 Å². The van der Waals surface area contributed by atoms with Gasteiger partial charge in [0.05, 0.1) is 28.6 Å². The van der Waals surface area contributed by atoms with Crippen LogP contribution in [0.25, 0.3) is 0 Å². The first-order valence-corrected chi connectivity index (χ1v) is 10.8. The summed E-state index contributed by atoms with van der Waals surface area (Å²) in [6.07, 6.45) is -4.53. The van der Waals surface area contributed by atoms with E-state index in [1.54, 1.807) is 36.4 Å². The second-order valence-electron chi connectivity index (χ2n) is 7.47. The highest BCUT2D eigenvalue weighted by Crippen LogP contribution is 2.42. The Morgan fingerprint density at radius 2 is 1.70 bits per heavy atom. The Hall–Kier alpha value is -3.33. The molecular formula is C24H17F4NO3S. The van der Waals surface area contributed by atoms with Gasteiger partial charge >= 0.3 is 12.1 Å². The van der Waals surface area contributed by atoms with Crippen molar-refractivity contribution in [3.8, 4) is 0 Å². The van der Waals surface area contributed by atoms with Crippen molar-refractivity contribution in [3.63, 3.8) is 0 Å². The molecule has 0 saturated carbocycles. The maximum atomic E-state index is 14.5. The van der Waals surface area contributed by atoms with E-state index in [1.807, 2.05) is 0 Å². The van der Waals surface area contributed by atoms with Crippen molar-refractivity contribution < 1.29 is 32.3 Å². The number of carboxylic acids is 1. The van der Waals surface area contributed by atoms with Crippen LogP contribution in [-0.4, -0.2) is 22.2 Å². The van der Waals surface area contributed by atoms with Crippen LogP contribution >= 0.6 is 11.8 Å². The lowest BCUT2D eigenvalue weighted by Crippen LogP contribution is -2.42. The summed E-state index contributed by atoms with van der Waals surface area (Å²) in [6, 6.07) is 15.6. The van der Waals surface area contributed by atoms with Gasteiger partial charge in [0, 0.05) is 10.5 Å². The quantitative estimate of drug-likeness (QED) is 0.475. The Morgan fingerprint density at radius 1 is 1.00 bits per heavy atom. The van der Waals surface area contributed by atoms with Crippen LogP contribution in [0.1, 0.15) is 27.0 Å². The van der Waals surface area contributed by atoms with E-state index < -0.39 is 46.8 Å². The number of nitrogens with zero attached hydrogens (tertiary/aromatic N) is 1. The molecule has 170 valence electrons. The smallest absolute Gasteiger partial charge is 0.416 e. The lowest BCUT2D eigenvalue weighted by Gasteiger charge is -2.34. The van der Waals surface area contributed by atoms with Crippen LogP contribution in [0.4, 0.5) is 23.2 Å². The van der Waals surface area contributed by atoms with Crippen molar-refractivity contribution in [2.24, 2.45) is 0 Å².